The van der Waals surface area contributed by atoms with Crippen molar-refractivity contribution in [1.82, 2.24) is 5.01 Å². The average Bonchev–Trinajstić information content (AvgIpc) is 3.34. The molecule has 0 fully saturated rings. The summed E-state index contributed by atoms with van der Waals surface area (Å²) in [5.41, 5.74) is 2.41. The molecule has 1 unspecified atom stereocenters. The maximum Gasteiger partial charge on any atom is 0.243 e. The third-order valence-corrected chi connectivity index (χ3v) is 6.65. The van der Waals surface area contributed by atoms with E-state index >= 15 is 0 Å². The molecule has 5 rings (SSSR count). The van der Waals surface area contributed by atoms with Crippen molar-refractivity contribution >= 4 is 50.1 Å². The predicted molar refractivity (Wildman–Crippen MR) is 143 cm³/mol. The summed E-state index contributed by atoms with van der Waals surface area (Å²) >= 11 is 9.75. The quantitative estimate of drug-likeness (QED) is 0.251. The Hall–Kier alpha value is -3.55. The van der Waals surface area contributed by atoms with Crippen molar-refractivity contribution in [2.75, 3.05) is 7.11 Å². The molecule has 1 amide bonds. The van der Waals surface area contributed by atoms with Gasteiger partial charge < -0.3 is 14.2 Å². The molecule has 1 atom stereocenters. The van der Waals surface area contributed by atoms with E-state index in [4.69, 9.17) is 25.8 Å². The minimum Gasteiger partial charge on any atom is -0.493 e. The molecule has 4 aromatic rings. The van der Waals surface area contributed by atoms with Crippen LogP contribution >= 0.6 is 27.5 Å². The standard InChI is InChI=1S/C28H22BrClN2O4/c1-17(33)32-28(36-27(31-32)19-9-6-11-22(30)13-19)21-14-24(29)26(25(15-21)34-2)35-16-20-10-5-8-18-7-3-4-12-23(18)20/h3-15,28H,16H2,1-2H3. The molecule has 0 aromatic heterocycles. The van der Waals surface area contributed by atoms with E-state index in [-0.39, 0.29) is 5.91 Å². The summed E-state index contributed by atoms with van der Waals surface area (Å²) in [6, 6.07) is 25.1. The summed E-state index contributed by atoms with van der Waals surface area (Å²) in [5.74, 6) is 1.10. The molecule has 6 nitrogen and oxygen atoms in total. The number of hydrogen-bond donors (Lipinski definition) is 0. The van der Waals surface area contributed by atoms with Crippen LogP contribution in [0, 0.1) is 0 Å². The second-order valence-electron chi connectivity index (χ2n) is 8.21. The zero-order valence-electron chi connectivity index (χ0n) is 19.6. The second kappa shape index (κ2) is 10.2. The highest BCUT2D eigenvalue weighted by Gasteiger charge is 2.34. The van der Waals surface area contributed by atoms with Crippen LogP contribution in [0.25, 0.3) is 10.8 Å². The van der Waals surface area contributed by atoms with Gasteiger partial charge in [-0.3, -0.25) is 4.79 Å². The summed E-state index contributed by atoms with van der Waals surface area (Å²) in [4.78, 5) is 12.4. The van der Waals surface area contributed by atoms with Crippen LogP contribution in [0.3, 0.4) is 0 Å². The summed E-state index contributed by atoms with van der Waals surface area (Å²) in [5, 5.41) is 8.54. The lowest BCUT2D eigenvalue weighted by Crippen LogP contribution is -2.25. The molecule has 0 radical (unpaired) electrons. The number of carbonyl (C=O) groups is 1. The van der Waals surface area contributed by atoms with Crippen molar-refractivity contribution in [3.05, 3.63) is 105 Å². The van der Waals surface area contributed by atoms with Crippen LogP contribution in [0.1, 0.15) is 29.8 Å². The maximum atomic E-state index is 12.4. The number of hydrazone groups is 1. The molecule has 0 N–H and O–H groups in total. The first kappa shape index (κ1) is 24.2. The Morgan fingerprint density at radius 2 is 1.86 bits per heavy atom. The summed E-state index contributed by atoms with van der Waals surface area (Å²) in [6.45, 7) is 1.80. The first-order valence-electron chi connectivity index (χ1n) is 11.2. The van der Waals surface area contributed by atoms with Gasteiger partial charge in [0.15, 0.2) is 11.5 Å². The molecule has 0 bridgehead atoms. The third kappa shape index (κ3) is 4.76. The lowest BCUT2D eigenvalue weighted by molar-refractivity contribution is -0.135. The van der Waals surface area contributed by atoms with Crippen LogP contribution in [0.5, 0.6) is 11.5 Å². The van der Waals surface area contributed by atoms with Crippen LogP contribution in [-0.2, 0) is 16.1 Å². The van der Waals surface area contributed by atoms with E-state index in [9.17, 15) is 4.79 Å². The van der Waals surface area contributed by atoms with Gasteiger partial charge in [0.25, 0.3) is 0 Å². The highest BCUT2D eigenvalue weighted by molar-refractivity contribution is 9.10. The molecular weight excluding hydrogens is 544 g/mol. The van der Waals surface area contributed by atoms with E-state index < -0.39 is 6.23 Å². The number of halogens is 2. The molecule has 1 heterocycles. The molecule has 4 aromatic carbocycles. The minimum atomic E-state index is -0.770. The van der Waals surface area contributed by atoms with Crippen molar-refractivity contribution in [1.29, 1.82) is 0 Å². The Morgan fingerprint density at radius 3 is 2.64 bits per heavy atom. The zero-order chi connectivity index (χ0) is 25.2. The van der Waals surface area contributed by atoms with Gasteiger partial charge in [0, 0.05) is 23.1 Å². The fraction of sp³-hybridized carbons (Fsp3) is 0.143. The summed E-state index contributed by atoms with van der Waals surface area (Å²) < 4.78 is 18.6. The Balaban J connectivity index is 1.43. The van der Waals surface area contributed by atoms with Gasteiger partial charge in [-0.15, -0.1) is 5.10 Å². The predicted octanol–water partition coefficient (Wildman–Crippen LogP) is 7.08. The smallest absolute Gasteiger partial charge is 0.243 e. The monoisotopic (exact) mass is 564 g/mol. The number of methoxy groups -OCH3 is 1. The third-order valence-electron chi connectivity index (χ3n) is 5.83. The number of ether oxygens (including phenoxy) is 3. The van der Waals surface area contributed by atoms with Gasteiger partial charge in [-0.1, -0.05) is 60.1 Å². The van der Waals surface area contributed by atoms with E-state index in [2.05, 4.69) is 39.2 Å². The molecule has 0 spiro atoms. The largest absolute Gasteiger partial charge is 0.493 e. The molecule has 8 heteroatoms. The maximum absolute atomic E-state index is 12.4. The molecule has 1 aliphatic heterocycles. The topological polar surface area (TPSA) is 60.4 Å². The normalized spacial score (nSPS) is 14.9. The lowest BCUT2D eigenvalue weighted by atomic mass is 10.1. The number of rotatable bonds is 6. The molecule has 0 aliphatic carbocycles. The zero-order valence-corrected chi connectivity index (χ0v) is 21.9. The van der Waals surface area contributed by atoms with Crippen LogP contribution in [0.2, 0.25) is 5.02 Å². The number of amides is 1. The van der Waals surface area contributed by atoms with Gasteiger partial charge in [0.05, 0.1) is 11.6 Å². The van der Waals surface area contributed by atoms with E-state index in [1.54, 1.807) is 31.4 Å². The van der Waals surface area contributed by atoms with E-state index in [0.29, 0.717) is 44.6 Å². The number of hydrogen-bond acceptors (Lipinski definition) is 5. The second-order valence-corrected chi connectivity index (χ2v) is 9.50. The Bertz CT molecular complexity index is 1480. The van der Waals surface area contributed by atoms with Crippen molar-refractivity contribution in [3.63, 3.8) is 0 Å². The Labute approximate surface area is 222 Å². The highest BCUT2D eigenvalue weighted by atomic mass is 79.9. The van der Waals surface area contributed by atoms with Gasteiger partial charge in [-0.25, -0.2) is 0 Å². The van der Waals surface area contributed by atoms with Crippen LogP contribution in [0.15, 0.2) is 88.4 Å². The lowest BCUT2D eigenvalue weighted by Gasteiger charge is -2.21. The van der Waals surface area contributed by atoms with Gasteiger partial charge in [-0.05, 0) is 62.6 Å². The summed E-state index contributed by atoms with van der Waals surface area (Å²) in [7, 11) is 1.57. The minimum absolute atomic E-state index is 0.261. The van der Waals surface area contributed by atoms with E-state index in [0.717, 1.165) is 16.3 Å². The number of carbonyl (C=O) groups excluding carboxylic acids is 1. The van der Waals surface area contributed by atoms with Crippen molar-refractivity contribution < 1.29 is 19.0 Å². The average molecular weight is 566 g/mol. The fourth-order valence-electron chi connectivity index (χ4n) is 4.11. The number of benzene rings is 4. The van der Waals surface area contributed by atoms with Crippen LogP contribution in [0.4, 0.5) is 0 Å². The SMILES string of the molecule is COc1cc(C2OC(c3cccc(Cl)c3)=NN2C(C)=O)cc(Br)c1OCc1cccc2ccccc12. The van der Waals surface area contributed by atoms with Crippen molar-refractivity contribution in [3.8, 4) is 11.5 Å². The van der Waals surface area contributed by atoms with Gasteiger partial charge in [-0.2, -0.15) is 5.01 Å². The summed E-state index contributed by atoms with van der Waals surface area (Å²) in [6.07, 6.45) is -0.770. The fourth-order valence-corrected chi connectivity index (χ4v) is 4.88. The van der Waals surface area contributed by atoms with Gasteiger partial charge in [0.1, 0.15) is 6.61 Å². The van der Waals surface area contributed by atoms with Gasteiger partial charge in [0.2, 0.25) is 18.0 Å². The molecule has 36 heavy (non-hydrogen) atoms. The number of fused-ring (bicyclic) bond motifs is 1. The van der Waals surface area contributed by atoms with E-state index in [1.807, 2.05) is 36.4 Å². The Morgan fingerprint density at radius 1 is 1.08 bits per heavy atom. The molecular formula is C28H22BrClN2O4. The number of nitrogens with zero attached hydrogens (tertiary/aromatic N) is 2. The van der Waals surface area contributed by atoms with Crippen molar-refractivity contribution in [2.45, 2.75) is 19.8 Å². The Kier molecular flexibility index (Phi) is 6.85. The molecule has 0 saturated heterocycles. The first-order valence-corrected chi connectivity index (χ1v) is 12.4. The molecule has 182 valence electrons. The molecule has 1 aliphatic rings. The first-order chi connectivity index (χ1) is 17.4. The van der Waals surface area contributed by atoms with Crippen LogP contribution < -0.4 is 9.47 Å². The molecule has 0 saturated carbocycles. The van der Waals surface area contributed by atoms with E-state index in [1.165, 1.54) is 11.9 Å². The van der Waals surface area contributed by atoms with Crippen LogP contribution in [-0.4, -0.2) is 23.9 Å². The highest BCUT2D eigenvalue weighted by Crippen LogP contribution is 2.41. The van der Waals surface area contributed by atoms with Gasteiger partial charge >= 0.3 is 0 Å². The van der Waals surface area contributed by atoms with Crippen molar-refractivity contribution in [2.24, 2.45) is 5.10 Å².